The fraction of sp³-hybridized carbons (Fsp3) is 0.500. The predicted molar refractivity (Wildman–Crippen MR) is 112 cm³/mol. The first-order valence-electron chi connectivity index (χ1n) is 10.8. The van der Waals surface area contributed by atoms with Gasteiger partial charge in [0.2, 0.25) is 0 Å². The molecule has 4 atom stereocenters. The van der Waals surface area contributed by atoms with Crippen LogP contribution in [-0.4, -0.2) is 53.5 Å². The number of benzene rings is 1. The number of hydrogen-bond donors (Lipinski definition) is 0. The van der Waals surface area contributed by atoms with Gasteiger partial charge in [-0.3, -0.25) is 14.7 Å². The number of methoxy groups -OCH3 is 1. The standard InChI is InChI=1S/C24H29N3O2/c1-29-21-7-5-18(6-8-21)22-3-2-4-23-20-13-17(15-27(22)23)14-26(16-20)24(28)19-9-11-25-12-10-19/h5-12,17,20,22-23H,2-4,13-16H2,1H3/t17-,20+,22+,23-/m0/s1. The first kappa shape index (κ1) is 18.6. The normalized spacial score (nSPS) is 29.2. The summed E-state index contributed by atoms with van der Waals surface area (Å²) >= 11 is 0. The van der Waals surface area contributed by atoms with Gasteiger partial charge in [-0.15, -0.1) is 0 Å². The lowest BCUT2D eigenvalue weighted by molar-refractivity contribution is -0.0511. The third-order valence-electron chi connectivity index (χ3n) is 7.10. The van der Waals surface area contributed by atoms with Crippen molar-refractivity contribution in [2.24, 2.45) is 11.8 Å². The number of carbonyl (C=O) groups excluding carboxylic acids is 1. The van der Waals surface area contributed by atoms with Crippen LogP contribution in [0.3, 0.4) is 0 Å². The number of fused-ring (bicyclic) bond motifs is 4. The second-order valence-electron chi connectivity index (χ2n) is 8.79. The molecule has 3 fully saturated rings. The summed E-state index contributed by atoms with van der Waals surface area (Å²) in [5.41, 5.74) is 2.16. The quantitative estimate of drug-likeness (QED) is 0.799. The van der Waals surface area contributed by atoms with Crippen LogP contribution in [0.5, 0.6) is 5.75 Å². The zero-order valence-corrected chi connectivity index (χ0v) is 17.0. The zero-order valence-electron chi connectivity index (χ0n) is 17.0. The van der Waals surface area contributed by atoms with Crippen molar-refractivity contribution in [2.45, 2.75) is 37.8 Å². The Kier molecular flexibility index (Phi) is 5.00. The SMILES string of the molecule is COc1ccc([C@H]2CCC[C@H]3[C@@H]4C[C@@H](CN(C(=O)c5ccncc5)C4)CN23)cc1. The second kappa shape index (κ2) is 7.79. The molecule has 5 heteroatoms. The Morgan fingerprint density at radius 1 is 1.03 bits per heavy atom. The third-order valence-corrected chi connectivity index (χ3v) is 7.10. The van der Waals surface area contributed by atoms with Gasteiger partial charge in [-0.05, 0) is 67.3 Å². The Morgan fingerprint density at radius 3 is 2.59 bits per heavy atom. The molecular formula is C24H29N3O2. The van der Waals surface area contributed by atoms with Gasteiger partial charge in [-0.25, -0.2) is 0 Å². The van der Waals surface area contributed by atoms with Gasteiger partial charge in [0.15, 0.2) is 0 Å². The van der Waals surface area contributed by atoms with Crippen molar-refractivity contribution in [3.05, 3.63) is 59.9 Å². The molecule has 3 saturated heterocycles. The molecule has 0 unspecified atom stereocenters. The summed E-state index contributed by atoms with van der Waals surface area (Å²) in [4.78, 5) is 21.9. The van der Waals surface area contributed by atoms with Crippen molar-refractivity contribution in [3.8, 4) is 5.75 Å². The van der Waals surface area contributed by atoms with Crippen LogP contribution in [-0.2, 0) is 0 Å². The van der Waals surface area contributed by atoms with Crippen LogP contribution < -0.4 is 4.74 Å². The molecule has 1 aromatic heterocycles. The molecule has 2 aromatic rings. The van der Waals surface area contributed by atoms with Crippen LogP contribution >= 0.6 is 0 Å². The van der Waals surface area contributed by atoms with Gasteiger partial charge in [0, 0.05) is 49.7 Å². The highest BCUT2D eigenvalue weighted by Gasteiger charge is 2.45. The minimum Gasteiger partial charge on any atom is -0.497 e. The second-order valence-corrected chi connectivity index (χ2v) is 8.79. The fourth-order valence-corrected chi connectivity index (χ4v) is 5.84. The Morgan fingerprint density at radius 2 is 1.83 bits per heavy atom. The number of piperidine rings is 3. The van der Waals surface area contributed by atoms with Crippen molar-refractivity contribution < 1.29 is 9.53 Å². The first-order valence-corrected chi connectivity index (χ1v) is 10.8. The summed E-state index contributed by atoms with van der Waals surface area (Å²) < 4.78 is 5.34. The molecule has 1 aromatic carbocycles. The molecule has 1 amide bonds. The maximum atomic E-state index is 13.0. The van der Waals surface area contributed by atoms with E-state index in [4.69, 9.17) is 4.74 Å². The molecule has 4 heterocycles. The molecule has 0 radical (unpaired) electrons. The summed E-state index contributed by atoms with van der Waals surface area (Å²) in [6.07, 6.45) is 8.41. The molecule has 29 heavy (non-hydrogen) atoms. The Hall–Kier alpha value is -2.40. The average Bonchev–Trinajstić information content (AvgIpc) is 2.79. The lowest BCUT2D eigenvalue weighted by Crippen LogP contribution is -2.60. The van der Waals surface area contributed by atoms with Crippen LogP contribution in [0.25, 0.3) is 0 Å². The maximum Gasteiger partial charge on any atom is 0.253 e. The molecule has 0 aliphatic carbocycles. The Bertz CT molecular complexity index is 854. The highest BCUT2D eigenvalue weighted by atomic mass is 16.5. The number of ether oxygens (including phenoxy) is 1. The minimum absolute atomic E-state index is 0.165. The highest BCUT2D eigenvalue weighted by molar-refractivity contribution is 5.94. The number of aromatic nitrogens is 1. The maximum absolute atomic E-state index is 13.0. The smallest absolute Gasteiger partial charge is 0.253 e. The van der Waals surface area contributed by atoms with E-state index in [9.17, 15) is 4.79 Å². The lowest BCUT2D eigenvalue weighted by atomic mass is 9.74. The monoisotopic (exact) mass is 391 g/mol. The Labute approximate surface area is 172 Å². The van der Waals surface area contributed by atoms with E-state index < -0.39 is 0 Å². The van der Waals surface area contributed by atoms with Gasteiger partial charge < -0.3 is 9.64 Å². The van der Waals surface area contributed by atoms with Crippen molar-refractivity contribution in [1.82, 2.24) is 14.8 Å². The topological polar surface area (TPSA) is 45.7 Å². The average molecular weight is 392 g/mol. The summed E-state index contributed by atoms with van der Waals surface area (Å²) in [5.74, 6) is 2.23. The summed E-state index contributed by atoms with van der Waals surface area (Å²) in [7, 11) is 1.72. The number of amides is 1. The number of likely N-dealkylation sites (tertiary alicyclic amines) is 1. The molecule has 5 rings (SSSR count). The van der Waals surface area contributed by atoms with E-state index in [0.29, 0.717) is 23.9 Å². The van der Waals surface area contributed by atoms with Gasteiger partial charge in [0.25, 0.3) is 5.91 Å². The van der Waals surface area contributed by atoms with Crippen molar-refractivity contribution in [3.63, 3.8) is 0 Å². The largest absolute Gasteiger partial charge is 0.497 e. The number of carbonyl (C=O) groups is 1. The summed E-state index contributed by atoms with van der Waals surface area (Å²) in [6, 6.07) is 13.4. The first-order chi connectivity index (χ1) is 14.2. The molecule has 2 bridgehead atoms. The number of nitrogens with zero attached hydrogens (tertiary/aromatic N) is 3. The molecule has 0 N–H and O–H groups in total. The third kappa shape index (κ3) is 3.52. The van der Waals surface area contributed by atoms with Crippen LogP contribution in [0.15, 0.2) is 48.8 Å². The molecule has 3 aliphatic heterocycles. The molecule has 5 nitrogen and oxygen atoms in total. The van der Waals surface area contributed by atoms with Gasteiger partial charge in [-0.1, -0.05) is 12.1 Å². The molecule has 0 saturated carbocycles. The van der Waals surface area contributed by atoms with E-state index in [0.717, 1.165) is 30.9 Å². The van der Waals surface area contributed by atoms with E-state index in [1.165, 1.54) is 31.2 Å². The van der Waals surface area contributed by atoms with E-state index in [1.54, 1.807) is 19.5 Å². The lowest BCUT2D eigenvalue weighted by Gasteiger charge is -2.55. The predicted octanol–water partition coefficient (Wildman–Crippen LogP) is 3.78. The van der Waals surface area contributed by atoms with E-state index in [1.807, 2.05) is 12.1 Å². The summed E-state index contributed by atoms with van der Waals surface area (Å²) in [5, 5.41) is 0. The summed E-state index contributed by atoms with van der Waals surface area (Å²) in [6.45, 7) is 2.85. The van der Waals surface area contributed by atoms with Crippen molar-refractivity contribution >= 4 is 5.91 Å². The van der Waals surface area contributed by atoms with E-state index >= 15 is 0 Å². The molecule has 152 valence electrons. The van der Waals surface area contributed by atoms with Crippen LogP contribution in [0.1, 0.15) is 47.6 Å². The van der Waals surface area contributed by atoms with Crippen LogP contribution in [0.2, 0.25) is 0 Å². The number of rotatable bonds is 3. The van der Waals surface area contributed by atoms with E-state index in [2.05, 4.69) is 39.0 Å². The molecular weight excluding hydrogens is 362 g/mol. The van der Waals surface area contributed by atoms with Gasteiger partial charge in [0.1, 0.15) is 5.75 Å². The Balaban J connectivity index is 1.34. The van der Waals surface area contributed by atoms with Crippen molar-refractivity contribution in [1.29, 1.82) is 0 Å². The zero-order chi connectivity index (χ0) is 19.8. The van der Waals surface area contributed by atoms with Crippen molar-refractivity contribution in [2.75, 3.05) is 26.7 Å². The molecule has 0 spiro atoms. The van der Waals surface area contributed by atoms with Crippen LogP contribution in [0, 0.1) is 11.8 Å². The number of pyridine rings is 1. The number of hydrogen-bond acceptors (Lipinski definition) is 4. The van der Waals surface area contributed by atoms with Crippen LogP contribution in [0.4, 0.5) is 0 Å². The van der Waals surface area contributed by atoms with Gasteiger partial charge in [-0.2, -0.15) is 0 Å². The van der Waals surface area contributed by atoms with Gasteiger partial charge in [0.05, 0.1) is 7.11 Å². The van der Waals surface area contributed by atoms with Gasteiger partial charge >= 0.3 is 0 Å². The molecule has 3 aliphatic rings. The van der Waals surface area contributed by atoms with E-state index in [-0.39, 0.29) is 5.91 Å². The highest BCUT2D eigenvalue weighted by Crippen LogP contribution is 2.44. The minimum atomic E-state index is 0.165. The fourth-order valence-electron chi connectivity index (χ4n) is 5.84.